The van der Waals surface area contributed by atoms with Crippen molar-refractivity contribution in [2.45, 2.75) is 89.9 Å². The third-order valence-corrected chi connectivity index (χ3v) is 15.4. The summed E-state index contributed by atoms with van der Waals surface area (Å²) in [5.41, 5.74) is 24.7. The van der Waals surface area contributed by atoms with Gasteiger partial charge < -0.3 is 4.90 Å². The summed E-state index contributed by atoms with van der Waals surface area (Å²) in [6.45, 7) is 19.4. The van der Waals surface area contributed by atoms with Crippen LogP contribution in [0.3, 0.4) is 0 Å². The van der Waals surface area contributed by atoms with Crippen LogP contribution >= 0.6 is 0 Å². The minimum Gasteiger partial charge on any atom is -0.310 e. The fourth-order valence-corrected chi connectivity index (χ4v) is 11.6. The van der Waals surface area contributed by atoms with Gasteiger partial charge in [-0.05, 0) is 144 Å². The molecule has 1 heteroatoms. The van der Waals surface area contributed by atoms with Gasteiger partial charge in [-0.2, -0.15) is 0 Å². The molecule has 0 bridgehead atoms. The first-order valence-electron chi connectivity index (χ1n) is 23.0. The zero-order valence-electron chi connectivity index (χ0n) is 38.1. The summed E-state index contributed by atoms with van der Waals surface area (Å²) in [7, 11) is 0. The Hall–Kier alpha value is -6.44. The number of rotatable bonds is 6. The van der Waals surface area contributed by atoms with Gasteiger partial charge in [-0.3, -0.25) is 0 Å². The smallest absolute Gasteiger partial charge is 0.0543 e. The van der Waals surface area contributed by atoms with E-state index in [-0.39, 0.29) is 21.7 Å². The van der Waals surface area contributed by atoms with Crippen molar-refractivity contribution in [3.8, 4) is 55.6 Å². The Kier molecular flexibility index (Phi) is 8.78. The fraction of sp³-hybridized carbons (Fsp3) is 0.226. The monoisotopic (exact) mass is 815 g/mol. The number of anilines is 3. The molecule has 0 radical (unpaired) electrons. The summed E-state index contributed by atoms with van der Waals surface area (Å²) in [5.74, 6) is 0. The van der Waals surface area contributed by atoms with Crippen molar-refractivity contribution in [1.82, 2.24) is 0 Å². The SMILES string of the molecule is CC1(C)CCC(C)(C)c2c(-c3cc4c(cc3N(c3ccc(-c5ccc(-c6ccccc6)cc5)cc3)c3ccc5c(c3)C(C)(C)c3ccccc3-5)C(C)(C)c3ccccc3-4)cccc21. The second-order valence-corrected chi connectivity index (χ2v) is 20.8. The lowest BCUT2D eigenvalue weighted by Gasteiger charge is -2.43. The van der Waals surface area contributed by atoms with E-state index in [0.29, 0.717) is 0 Å². The second kappa shape index (κ2) is 14.0. The van der Waals surface area contributed by atoms with Crippen molar-refractivity contribution in [3.05, 3.63) is 209 Å². The first kappa shape index (κ1) is 39.4. The molecule has 0 amide bonds. The van der Waals surface area contributed by atoms with E-state index in [1.165, 1.54) is 107 Å². The van der Waals surface area contributed by atoms with Crippen molar-refractivity contribution < 1.29 is 0 Å². The maximum atomic E-state index is 2.58. The number of nitrogens with zero attached hydrogens (tertiary/aromatic N) is 1. The molecule has 0 aliphatic heterocycles. The van der Waals surface area contributed by atoms with Gasteiger partial charge in [-0.15, -0.1) is 0 Å². The van der Waals surface area contributed by atoms with Gasteiger partial charge in [0.05, 0.1) is 5.69 Å². The maximum Gasteiger partial charge on any atom is 0.0543 e. The molecule has 0 saturated carbocycles. The Morgan fingerprint density at radius 2 is 0.778 bits per heavy atom. The van der Waals surface area contributed by atoms with Crippen LogP contribution < -0.4 is 4.90 Å². The minimum absolute atomic E-state index is 0.0147. The van der Waals surface area contributed by atoms with Crippen LogP contribution in [0.1, 0.15) is 102 Å². The summed E-state index contributed by atoms with van der Waals surface area (Å²) in [4.78, 5) is 2.58. The average Bonchev–Trinajstić information content (AvgIpc) is 3.67. The summed E-state index contributed by atoms with van der Waals surface area (Å²) in [6.07, 6.45) is 2.33. The highest BCUT2D eigenvalue weighted by Crippen LogP contribution is 2.57. The van der Waals surface area contributed by atoms with Crippen LogP contribution in [0.25, 0.3) is 55.6 Å². The zero-order chi connectivity index (χ0) is 43.5. The highest BCUT2D eigenvalue weighted by Gasteiger charge is 2.42. The van der Waals surface area contributed by atoms with Crippen LogP contribution in [0.5, 0.6) is 0 Å². The normalized spacial score (nSPS) is 16.6. The van der Waals surface area contributed by atoms with Crippen molar-refractivity contribution in [2.75, 3.05) is 4.90 Å². The van der Waals surface area contributed by atoms with Crippen molar-refractivity contribution >= 4 is 17.1 Å². The lowest BCUT2D eigenvalue weighted by atomic mass is 9.61. The standard InChI is InChI=1S/C62H57N/c1-59(2)35-36-60(3,4)58-49(21-16-24-54(58)59)51-38-50-47-20-13-15-23-53(47)62(7,8)56(50)39-57(51)63(45-33-34-48-46-19-12-14-22-52(46)61(5,6)55(48)37-45)44-31-29-43(30-32-44)42-27-25-41(26-28-42)40-17-10-9-11-18-40/h9-34,37-39H,35-36H2,1-8H3. The number of hydrogen-bond donors (Lipinski definition) is 0. The number of hydrogen-bond acceptors (Lipinski definition) is 1. The van der Waals surface area contributed by atoms with Crippen LogP contribution in [-0.2, 0) is 21.7 Å². The summed E-state index contributed by atoms with van der Waals surface area (Å²) >= 11 is 0. The topological polar surface area (TPSA) is 3.24 Å². The summed E-state index contributed by atoms with van der Waals surface area (Å²) in [6, 6.07) is 66.6. The molecule has 0 fully saturated rings. The van der Waals surface area contributed by atoms with E-state index in [1.807, 2.05) is 0 Å². The molecular weight excluding hydrogens is 759 g/mol. The summed E-state index contributed by atoms with van der Waals surface area (Å²) in [5, 5.41) is 0. The van der Waals surface area contributed by atoms with Gasteiger partial charge in [0.2, 0.25) is 0 Å². The molecule has 3 aliphatic rings. The molecule has 3 aliphatic carbocycles. The first-order valence-corrected chi connectivity index (χ1v) is 23.0. The molecular formula is C62H57N. The Balaban J connectivity index is 1.16. The van der Waals surface area contributed by atoms with Gasteiger partial charge in [-0.1, -0.05) is 195 Å². The van der Waals surface area contributed by atoms with Gasteiger partial charge in [0, 0.05) is 27.8 Å². The van der Waals surface area contributed by atoms with Crippen LogP contribution in [0.2, 0.25) is 0 Å². The molecule has 0 N–H and O–H groups in total. The third-order valence-electron chi connectivity index (χ3n) is 15.4. The van der Waals surface area contributed by atoms with E-state index in [0.717, 1.165) is 12.1 Å². The predicted molar refractivity (Wildman–Crippen MR) is 268 cm³/mol. The molecule has 0 saturated heterocycles. The lowest BCUT2D eigenvalue weighted by molar-refractivity contribution is 0.333. The second-order valence-electron chi connectivity index (χ2n) is 20.8. The Labute approximate surface area is 375 Å². The lowest BCUT2D eigenvalue weighted by Crippen LogP contribution is -2.34. The average molecular weight is 816 g/mol. The maximum absolute atomic E-state index is 2.58. The molecule has 8 aromatic carbocycles. The van der Waals surface area contributed by atoms with E-state index in [1.54, 1.807) is 0 Å². The first-order chi connectivity index (χ1) is 30.2. The third kappa shape index (κ3) is 6.11. The van der Waals surface area contributed by atoms with Gasteiger partial charge in [0.25, 0.3) is 0 Å². The van der Waals surface area contributed by atoms with E-state index in [4.69, 9.17) is 0 Å². The molecule has 0 aromatic heterocycles. The van der Waals surface area contributed by atoms with Crippen LogP contribution in [0.4, 0.5) is 17.1 Å². The van der Waals surface area contributed by atoms with Gasteiger partial charge >= 0.3 is 0 Å². The molecule has 0 unspecified atom stereocenters. The van der Waals surface area contributed by atoms with E-state index >= 15 is 0 Å². The van der Waals surface area contributed by atoms with Gasteiger partial charge in [0.1, 0.15) is 0 Å². The van der Waals surface area contributed by atoms with E-state index < -0.39 is 0 Å². The van der Waals surface area contributed by atoms with E-state index in [2.05, 4.69) is 236 Å². The van der Waals surface area contributed by atoms with E-state index in [9.17, 15) is 0 Å². The highest BCUT2D eigenvalue weighted by molar-refractivity contribution is 5.97. The Morgan fingerprint density at radius 3 is 1.41 bits per heavy atom. The largest absolute Gasteiger partial charge is 0.310 e. The Morgan fingerprint density at radius 1 is 0.317 bits per heavy atom. The molecule has 0 heterocycles. The molecule has 1 nitrogen and oxygen atoms in total. The quantitative estimate of drug-likeness (QED) is 0.162. The zero-order valence-corrected chi connectivity index (χ0v) is 38.1. The molecule has 0 spiro atoms. The van der Waals surface area contributed by atoms with Crippen molar-refractivity contribution in [1.29, 1.82) is 0 Å². The van der Waals surface area contributed by atoms with Crippen molar-refractivity contribution in [2.24, 2.45) is 0 Å². The Bertz CT molecular complexity index is 3090. The van der Waals surface area contributed by atoms with Crippen LogP contribution in [0, 0.1) is 0 Å². The van der Waals surface area contributed by atoms with Crippen molar-refractivity contribution in [3.63, 3.8) is 0 Å². The van der Waals surface area contributed by atoms with Gasteiger partial charge in [-0.25, -0.2) is 0 Å². The number of fused-ring (bicyclic) bond motifs is 7. The molecule has 8 aromatic rings. The summed E-state index contributed by atoms with van der Waals surface area (Å²) < 4.78 is 0. The molecule has 63 heavy (non-hydrogen) atoms. The molecule has 310 valence electrons. The highest BCUT2D eigenvalue weighted by atomic mass is 15.1. The fourth-order valence-electron chi connectivity index (χ4n) is 11.6. The predicted octanol–water partition coefficient (Wildman–Crippen LogP) is 17.1. The number of benzene rings is 8. The van der Waals surface area contributed by atoms with Crippen LogP contribution in [0.15, 0.2) is 176 Å². The van der Waals surface area contributed by atoms with Crippen LogP contribution in [-0.4, -0.2) is 0 Å². The molecule has 11 rings (SSSR count). The molecule has 0 atom stereocenters. The minimum atomic E-state index is -0.167. The van der Waals surface area contributed by atoms with Gasteiger partial charge in [0.15, 0.2) is 0 Å².